The topological polar surface area (TPSA) is 66.8 Å². The third-order valence-electron chi connectivity index (χ3n) is 2.46. The van der Waals surface area contributed by atoms with Crippen LogP contribution in [-0.4, -0.2) is 41.8 Å². The Kier molecular flexibility index (Phi) is 5.34. The standard InChI is InChI=1S/C12H17NO4/c1-13(9-11(14)15)12(16)17-10-7-5-3-2-4-6-8-10/h10H,2-5,7,9H2,1H3,(H,14,15). The van der Waals surface area contributed by atoms with Crippen molar-refractivity contribution in [3.63, 3.8) is 0 Å². The smallest absolute Gasteiger partial charge is 0.411 e. The summed E-state index contributed by atoms with van der Waals surface area (Å²) in [6.45, 7) is -0.362. The van der Waals surface area contributed by atoms with E-state index < -0.39 is 18.2 Å². The molecule has 5 nitrogen and oxygen atoms in total. The Hall–Kier alpha value is -1.70. The van der Waals surface area contributed by atoms with Crippen LogP contribution < -0.4 is 0 Å². The number of hydrogen-bond acceptors (Lipinski definition) is 3. The average Bonchev–Trinajstić information content (AvgIpc) is 2.20. The van der Waals surface area contributed by atoms with Gasteiger partial charge in [0.05, 0.1) is 0 Å². The van der Waals surface area contributed by atoms with E-state index in [9.17, 15) is 9.59 Å². The van der Waals surface area contributed by atoms with E-state index in [2.05, 4.69) is 11.8 Å². The molecule has 0 saturated heterocycles. The van der Waals surface area contributed by atoms with Gasteiger partial charge in [-0.3, -0.25) is 4.79 Å². The van der Waals surface area contributed by atoms with E-state index in [0.717, 1.165) is 37.0 Å². The van der Waals surface area contributed by atoms with Crippen LogP contribution in [0.25, 0.3) is 0 Å². The molecule has 94 valence electrons. The lowest BCUT2D eigenvalue weighted by Gasteiger charge is -2.19. The zero-order chi connectivity index (χ0) is 12.7. The molecule has 0 aromatic rings. The van der Waals surface area contributed by atoms with Gasteiger partial charge in [-0.15, -0.1) is 0 Å². The summed E-state index contributed by atoms with van der Waals surface area (Å²) < 4.78 is 5.14. The first-order valence-electron chi connectivity index (χ1n) is 5.71. The highest BCUT2D eigenvalue weighted by molar-refractivity contribution is 5.76. The number of carboxylic acids is 1. The van der Waals surface area contributed by atoms with Crippen LogP contribution in [0.5, 0.6) is 0 Å². The van der Waals surface area contributed by atoms with Crippen LogP contribution in [0, 0.1) is 11.8 Å². The largest absolute Gasteiger partial charge is 0.480 e. The fourth-order valence-electron chi connectivity index (χ4n) is 1.55. The Balaban J connectivity index is 2.45. The molecule has 0 aromatic heterocycles. The zero-order valence-electron chi connectivity index (χ0n) is 9.94. The molecule has 17 heavy (non-hydrogen) atoms. The van der Waals surface area contributed by atoms with Crippen molar-refractivity contribution in [2.75, 3.05) is 13.6 Å². The van der Waals surface area contributed by atoms with Crippen molar-refractivity contribution in [2.45, 2.75) is 38.2 Å². The lowest BCUT2D eigenvalue weighted by atomic mass is 10.1. The molecular formula is C12H17NO4. The molecule has 1 N–H and O–H groups in total. The van der Waals surface area contributed by atoms with Crippen molar-refractivity contribution in [1.29, 1.82) is 0 Å². The summed E-state index contributed by atoms with van der Waals surface area (Å²) in [7, 11) is 1.40. The van der Waals surface area contributed by atoms with Gasteiger partial charge in [0.25, 0.3) is 0 Å². The minimum atomic E-state index is -1.06. The predicted octanol–water partition coefficient (Wildman–Crippen LogP) is 1.48. The van der Waals surface area contributed by atoms with Gasteiger partial charge in [-0.2, -0.15) is 0 Å². The molecule has 0 radical (unpaired) electrons. The highest BCUT2D eigenvalue weighted by Crippen LogP contribution is 2.11. The second-order valence-electron chi connectivity index (χ2n) is 4.04. The summed E-state index contributed by atoms with van der Waals surface area (Å²) in [4.78, 5) is 23.0. The summed E-state index contributed by atoms with van der Waals surface area (Å²) in [6.07, 6.45) is 3.68. The highest BCUT2D eigenvalue weighted by Gasteiger charge is 2.18. The van der Waals surface area contributed by atoms with Crippen molar-refractivity contribution in [2.24, 2.45) is 0 Å². The van der Waals surface area contributed by atoms with E-state index in [4.69, 9.17) is 9.84 Å². The Morgan fingerprint density at radius 3 is 2.88 bits per heavy atom. The predicted molar refractivity (Wildman–Crippen MR) is 61.4 cm³/mol. The number of likely N-dealkylation sites (N-methyl/N-ethyl adjacent to an activating group) is 1. The number of nitrogens with zero attached hydrogens (tertiary/aromatic N) is 1. The number of hydrogen-bond donors (Lipinski definition) is 1. The molecule has 0 spiro atoms. The molecule has 1 atom stereocenters. The SMILES string of the molecule is CN(CC(=O)O)C(=O)OC1C#CCCCCC1. The molecule has 0 bridgehead atoms. The Morgan fingerprint density at radius 2 is 2.18 bits per heavy atom. The van der Waals surface area contributed by atoms with Crippen LogP contribution in [0.1, 0.15) is 32.1 Å². The van der Waals surface area contributed by atoms with Crippen LogP contribution in [0.15, 0.2) is 0 Å². The molecule has 0 fully saturated rings. The van der Waals surface area contributed by atoms with Gasteiger partial charge >= 0.3 is 12.1 Å². The maximum absolute atomic E-state index is 11.5. The van der Waals surface area contributed by atoms with E-state index in [1.807, 2.05) is 0 Å². The van der Waals surface area contributed by atoms with Crippen LogP contribution in [-0.2, 0) is 9.53 Å². The normalized spacial score (nSPS) is 19.2. The van der Waals surface area contributed by atoms with Gasteiger partial charge < -0.3 is 14.7 Å². The maximum atomic E-state index is 11.5. The van der Waals surface area contributed by atoms with Gasteiger partial charge in [0.15, 0.2) is 6.10 Å². The molecule has 0 heterocycles. The number of rotatable bonds is 3. The van der Waals surface area contributed by atoms with Crippen molar-refractivity contribution < 1.29 is 19.4 Å². The number of carbonyl (C=O) groups is 2. The quantitative estimate of drug-likeness (QED) is 0.757. The first-order valence-corrected chi connectivity index (χ1v) is 5.71. The summed E-state index contributed by atoms with van der Waals surface area (Å²) in [5.74, 6) is 4.79. The lowest BCUT2D eigenvalue weighted by Crippen LogP contribution is -2.34. The number of aliphatic carboxylic acids is 1. The van der Waals surface area contributed by atoms with E-state index >= 15 is 0 Å². The molecule has 1 unspecified atom stereocenters. The van der Waals surface area contributed by atoms with Gasteiger partial charge in [-0.05, 0) is 19.3 Å². The third-order valence-corrected chi connectivity index (χ3v) is 2.46. The molecule has 0 aliphatic heterocycles. The molecule has 1 aliphatic rings. The summed E-state index contributed by atoms with van der Waals surface area (Å²) in [5, 5.41) is 8.54. The van der Waals surface area contributed by atoms with E-state index in [-0.39, 0.29) is 6.54 Å². The molecule has 1 aliphatic carbocycles. The first-order chi connectivity index (χ1) is 8.09. The summed E-state index contributed by atoms with van der Waals surface area (Å²) in [5.41, 5.74) is 0. The van der Waals surface area contributed by atoms with E-state index in [1.54, 1.807) is 0 Å². The number of amides is 1. The molecular weight excluding hydrogens is 222 g/mol. The molecule has 5 heteroatoms. The van der Waals surface area contributed by atoms with Crippen molar-refractivity contribution >= 4 is 12.1 Å². The Bertz CT molecular complexity index is 342. The van der Waals surface area contributed by atoms with Gasteiger partial charge in [-0.25, -0.2) is 4.79 Å². The van der Waals surface area contributed by atoms with Crippen molar-refractivity contribution in [3.8, 4) is 11.8 Å². The second-order valence-corrected chi connectivity index (χ2v) is 4.04. The summed E-state index contributed by atoms with van der Waals surface area (Å²) >= 11 is 0. The van der Waals surface area contributed by atoms with E-state index in [0.29, 0.717) is 0 Å². The maximum Gasteiger partial charge on any atom is 0.411 e. The van der Waals surface area contributed by atoms with Crippen LogP contribution >= 0.6 is 0 Å². The Labute approximate surface area is 101 Å². The molecule has 1 amide bonds. The minimum Gasteiger partial charge on any atom is -0.480 e. The van der Waals surface area contributed by atoms with Gasteiger partial charge in [-0.1, -0.05) is 18.3 Å². The van der Waals surface area contributed by atoms with Crippen molar-refractivity contribution in [3.05, 3.63) is 0 Å². The number of carboxylic acid groups (broad SMARTS) is 1. The molecule has 1 rings (SSSR count). The summed E-state index contributed by atoms with van der Waals surface area (Å²) in [6, 6.07) is 0. The van der Waals surface area contributed by atoms with Crippen LogP contribution in [0.2, 0.25) is 0 Å². The van der Waals surface area contributed by atoms with Crippen LogP contribution in [0.4, 0.5) is 4.79 Å². The average molecular weight is 239 g/mol. The van der Waals surface area contributed by atoms with Gasteiger partial charge in [0, 0.05) is 13.5 Å². The Morgan fingerprint density at radius 1 is 1.41 bits per heavy atom. The zero-order valence-corrected chi connectivity index (χ0v) is 9.94. The molecule has 0 aromatic carbocycles. The lowest BCUT2D eigenvalue weighted by molar-refractivity contribution is -0.137. The van der Waals surface area contributed by atoms with E-state index in [1.165, 1.54) is 7.05 Å². The monoisotopic (exact) mass is 239 g/mol. The van der Waals surface area contributed by atoms with Crippen molar-refractivity contribution in [1.82, 2.24) is 4.90 Å². The molecule has 0 saturated carbocycles. The minimum absolute atomic E-state index is 0.362. The third kappa shape index (κ3) is 5.25. The second kappa shape index (κ2) is 6.79. The highest BCUT2D eigenvalue weighted by atomic mass is 16.6. The van der Waals surface area contributed by atoms with Crippen LogP contribution in [0.3, 0.4) is 0 Å². The fraction of sp³-hybridized carbons (Fsp3) is 0.667. The van der Waals surface area contributed by atoms with Gasteiger partial charge in [0.1, 0.15) is 6.54 Å². The van der Waals surface area contributed by atoms with Gasteiger partial charge in [0.2, 0.25) is 0 Å². The number of carbonyl (C=O) groups excluding carboxylic acids is 1. The fourth-order valence-corrected chi connectivity index (χ4v) is 1.55. The number of ether oxygens (including phenoxy) is 1. The first kappa shape index (κ1) is 13.4.